The SMILES string of the molecule is [2H]C([2H])([2H])c1c[c-]c(-c2cc[c]([Ge]([CH3])([CH3])[CH3])cn2)cc1.[2H]C([2H])([2H])c1cc(-c2[c-]ccc3c2sc2cc(-c4ccccc4)ccc23)ncc1-c1ccccc1.[Ir]. The second kappa shape index (κ2) is 15.4. The van der Waals surface area contributed by atoms with Gasteiger partial charge in [-0.3, -0.25) is 0 Å². The van der Waals surface area contributed by atoms with Crippen molar-refractivity contribution in [3.8, 4) is 44.8 Å². The summed E-state index contributed by atoms with van der Waals surface area (Å²) < 4.78 is 50.2. The summed E-state index contributed by atoms with van der Waals surface area (Å²) in [5.41, 5.74) is 7.54. The second-order valence-corrected chi connectivity index (χ2v) is 24.6. The molecule has 8 rings (SSSR count). The Bertz CT molecular complexity index is 2530. The fraction of sp³-hybridized carbons (Fsp3) is 0.111. The molecule has 0 N–H and O–H groups in total. The Morgan fingerprint density at radius 1 is 0.660 bits per heavy atom. The first-order chi connectivity index (χ1) is 26.2. The van der Waals surface area contributed by atoms with E-state index in [9.17, 15) is 0 Å². The van der Waals surface area contributed by atoms with Crippen LogP contribution in [-0.2, 0) is 20.1 Å². The molecule has 8 aromatic rings. The summed E-state index contributed by atoms with van der Waals surface area (Å²) in [5.74, 6) is 6.98. The van der Waals surface area contributed by atoms with E-state index in [4.69, 9.17) is 13.2 Å². The van der Waals surface area contributed by atoms with Crippen LogP contribution in [0.5, 0.6) is 0 Å². The third-order valence-corrected chi connectivity index (χ3v) is 13.9. The largest absolute Gasteiger partial charge is 0.304 e. The van der Waals surface area contributed by atoms with Crippen molar-refractivity contribution < 1.29 is 28.3 Å². The summed E-state index contributed by atoms with van der Waals surface area (Å²) in [5, 5.41) is 2.31. The van der Waals surface area contributed by atoms with Gasteiger partial charge in [0, 0.05) is 40.7 Å². The average Bonchev–Trinajstić information content (AvgIpc) is 3.56. The molecule has 0 saturated heterocycles. The van der Waals surface area contributed by atoms with Crippen LogP contribution < -0.4 is 4.40 Å². The number of nitrogens with zero attached hydrogens (tertiary/aromatic N) is 2. The van der Waals surface area contributed by atoms with Gasteiger partial charge in [0.25, 0.3) is 0 Å². The molecule has 0 spiro atoms. The summed E-state index contributed by atoms with van der Waals surface area (Å²) in [7, 11) is 0. The van der Waals surface area contributed by atoms with E-state index in [0.717, 1.165) is 32.5 Å². The zero-order valence-corrected chi connectivity index (χ0v) is 33.2. The van der Waals surface area contributed by atoms with Gasteiger partial charge in [0.15, 0.2) is 0 Å². The zero-order chi connectivity index (χ0) is 39.0. The maximum absolute atomic E-state index is 8.18. The van der Waals surface area contributed by atoms with E-state index in [1.165, 1.54) is 31.7 Å². The standard InChI is InChI=1S/C30H20NS.C15H18GeN.Ir/c1-20-17-28(31-19-27(20)22-11-6-3-7-12-22)26-14-8-13-25-24-16-15-23(18-29(24)32-30(25)26)21-9-4-2-5-10-21;1-12-5-7-13(8-6-12)15-10-9-14(11-17-15)16(2,3)4;/h2-13,15-19H,1H3;5-7,9-11H,1-4H3;/q2*-1;/i2*1D3;. The van der Waals surface area contributed by atoms with Gasteiger partial charge >= 0.3 is 110 Å². The third kappa shape index (κ3) is 7.75. The molecule has 0 fully saturated rings. The minimum Gasteiger partial charge on any atom is -0.304 e. The number of aryl methyl sites for hydroxylation is 2. The molecule has 0 aliphatic carbocycles. The van der Waals surface area contributed by atoms with Gasteiger partial charge in [0.1, 0.15) is 0 Å². The molecule has 0 saturated carbocycles. The summed E-state index contributed by atoms with van der Waals surface area (Å²) in [6.07, 6.45) is 3.63. The molecule has 0 bridgehead atoms. The summed E-state index contributed by atoms with van der Waals surface area (Å²) >= 11 is -0.137. The van der Waals surface area contributed by atoms with Crippen LogP contribution in [0.3, 0.4) is 0 Å². The van der Waals surface area contributed by atoms with Crippen LogP contribution >= 0.6 is 11.3 Å². The van der Waals surface area contributed by atoms with E-state index in [2.05, 4.69) is 76.8 Å². The molecule has 0 aliphatic rings. The first-order valence-electron chi connectivity index (χ1n) is 19.1. The molecule has 2 nitrogen and oxygen atoms in total. The van der Waals surface area contributed by atoms with Gasteiger partial charge in [-0.25, -0.2) is 0 Å². The predicted octanol–water partition coefficient (Wildman–Crippen LogP) is 12.0. The van der Waals surface area contributed by atoms with Crippen LogP contribution in [0.1, 0.15) is 19.4 Å². The normalized spacial score (nSPS) is 13.4. The van der Waals surface area contributed by atoms with Crippen LogP contribution in [0.4, 0.5) is 0 Å². The van der Waals surface area contributed by atoms with Crippen molar-refractivity contribution in [1.82, 2.24) is 9.97 Å². The fourth-order valence-corrected chi connectivity index (χ4v) is 9.18. The molecule has 249 valence electrons. The van der Waals surface area contributed by atoms with E-state index < -0.39 is 27.0 Å². The topological polar surface area (TPSA) is 25.8 Å². The van der Waals surface area contributed by atoms with Crippen molar-refractivity contribution >= 4 is 49.2 Å². The van der Waals surface area contributed by atoms with E-state index in [1.54, 1.807) is 35.7 Å². The first-order valence-corrected chi connectivity index (χ1v) is 24.3. The predicted molar refractivity (Wildman–Crippen MR) is 213 cm³/mol. The van der Waals surface area contributed by atoms with Crippen molar-refractivity contribution in [2.45, 2.75) is 31.0 Å². The van der Waals surface area contributed by atoms with E-state index in [0.29, 0.717) is 22.4 Å². The molecule has 5 heteroatoms. The number of thiophene rings is 1. The van der Waals surface area contributed by atoms with Crippen molar-refractivity contribution in [3.63, 3.8) is 0 Å². The number of benzene rings is 5. The van der Waals surface area contributed by atoms with Gasteiger partial charge in [-0.15, -0.1) is 23.8 Å². The molecular formula is C45H38GeIrN2S-2. The van der Waals surface area contributed by atoms with Crippen molar-refractivity contribution in [3.05, 3.63) is 163 Å². The van der Waals surface area contributed by atoms with Crippen LogP contribution in [0.25, 0.3) is 64.9 Å². The van der Waals surface area contributed by atoms with E-state index in [1.807, 2.05) is 66.9 Å². The molecule has 0 unspecified atom stereocenters. The fourth-order valence-electron chi connectivity index (χ4n) is 5.76. The van der Waals surface area contributed by atoms with Gasteiger partial charge in [-0.05, 0) is 51.0 Å². The molecular weight excluding hydrogens is 865 g/mol. The summed E-state index contributed by atoms with van der Waals surface area (Å²) in [4.78, 5) is 9.19. The number of pyridine rings is 2. The molecule has 3 heterocycles. The molecule has 0 atom stereocenters. The summed E-state index contributed by atoms with van der Waals surface area (Å²) in [6.45, 7) is -4.34. The Morgan fingerprint density at radius 3 is 2.08 bits per heavy atom. The van der Waals surface area contributed by atoms with E-state index >= 15 is 0 Å². The number of rotatable bonds is 5. The van der Waals surface area contributed by atoms with Crippen LogP contribution in [-0.4, -0.2) is 23.2 Å². The molecule has 0 aliphatic heterocycles. The van der Waals surface area contributed by atoms with Crippen LogP contribution in [0.2, 0.25) is 17.3 Å². The van der Waals surface area contributed by atoms with Crippen LogP contribution in [0, 0.1) is 25.8 Å². The summed E-state index contributed by atoms with van der Waals surface area (Å²) in [6, 6.07) is 47.5. The quantitative estimate of drug-likeness (QED) is 0.127. The smallest absolute Gasteiger partial charge is 0.0280 e. The minimum absolute atomic E-state index is 0. The van der Waals surface area contributed by atoms with Gasteiger partial charge in [0.2, 0.25) is 0 Å². The Kier molecular flexibility index (Phi) is 8.76. The molecule has 0 amide bonds. The van der Waals surface area contributed by atoms with Crippen molar-refractivity contribution in [2.75, 3.05) is 0 Å². The van der Waals surface area contributed by atoms with Gasteiger partial charge in [-0.2, -0.15) is 11.3 Å². The van der Waals surface area contributed by atoms with Crippen LogP contribution in [0.15, 0.2) is 140 Å². The first kappa shape index (κ1) is 28.5. The Balaban J connectivity index is 0.000000217. The Hall–Kier alpha value is -4.19. The maximum atomic E-state index is 8.18. The Labute approximate surface area is 324 Å². The zero-order valence-electron chi connectivity index (χ0n) is 33.9. The van der Waals surface area contributed by atoms with Crippen molar-refractivity contribution in [1.29, 1.82) is 0 Å². The molecule has 3 aromatic heterocycles. The third-order valence-electron chi connectivity index (χ3n) is 8.50. The second-order valence-electron chi connectivity index (χ2n) is 12.9. The monoisotopic (exact) mass is 911 g/mol. The number of fused-ring (bicyclic) bond motifs is 3. The Morgan fingerprint density at radius 2 is 1.42 bits per heavy atom. The molecule has 5 aromatic carbocycles. The molecule has 50 heavy (non-hydrogen) atoms. The minimum atomic E-state index is -2.26. The number of hydrogen-bond acceptors (Lipinski definition) is 3. The number of aromatic nitrogens is 2. The van der Waals surface area contributed by atoms with Gasteiger partial charge < -0.3 is 4.98 Å². The average molecular weight is 910 g/mol. The molecule has 1 radical (unpaired) electrons. The van der Waals surface area contributed by atoms with Crippen molar-refractivity contribution in [2.24, 2.45) is 0 Å². The van der Waals surface area contributed by atoms with Gasteiger partial charge in [0.05, 0.1) is 0 Å². The van der Waals surface area contributed by atoms with E-state index in [-0.39, 0.29) is 20.1 Å². The van der Waals surface area contributed by atoms with Gasteiger partial charge in [-0.1, -0.05) is 84.2 Å². The maximum Gasteiger partial charge on any atom is 0.0280 e. The number of hydrogen-bond donors (Lipinski definition) is 0.